The number of rotatable bonds is 9. The van der Waals surface area contributed by atoms with Crippen molar-refractivity contribution >= 4 is 22.7 Å². The first-order valence-electron chi connectivity index (χ1n) is 11.8. The number of aliphatic hydroxyl groups excluding tert-OH is 1. The van der Waals surface area contributed by atoms with Gasteiger partial charge in [0.25, 0.3) is 0 Å². The van der Waals surface area contributed by atoms with Crippen molar-refractivity contribution in [3.63, 3.8) is 0 Å². The molecule has 4 rings (SSSR count). The molecular formula is C26H27F3N2O5. The molecule has 1 unspecified atom stereocenters. The molecule has 0 spiro atoms. The number of β-amino-alcohol motifs (C(OH)–C–C–N with tert-alkyl or cyclic N) is 1. The molecule has 192 valence electrons. The Hall–Kier alpha value is -3.53. The molecule has 0 bridgehead atoms. The molecular weight excluding hydrogens is 477 g/mol. The first kappa shape index (κ1) is 25.6. The minimum Gasteiger partial charge on any atom is -0.493 e. The molecule has 7 nitrogen and oxygen atoms in total. The topological polar surface area (TPSA) is 83.2 Å². The summed E-state index contributed by atoms with van der Waals surface area (Å²) in [5, 5.41) is 10.2. The standard InChI is InChI=1S/C26H27F3N2O5/c1-2-8-19-21(12-11-18-20(26(27,28)29)15-23(33)36-24(18)19)35-14-7-6-13-30-22(32)16-31(25(30)34)17-9-4-3-5-10-17/h3-5,9-12,15,22,32H,2,6-8,13-14,16H2,1H3. The Labute approximate surface area is 205 Å². The largest absolute Gasteiger partial charge is 0.493 e. The van der Waals surface area contributed by atoms with Crippen LogP contribution in [0.2, 0.25) is 0 Å². The van der Waals surface area contributed by atoms with Crippen molar-refractivity contribution in [2.75, 3.05) is 24.6 Å². The Morgan fingerprint density at radius 3 is 2.56 bits per heavy atom. The molecule has 1 N–H and O–H groups in total. The molecule has 0 radical (unpaired) electrons. The normalized spacial score (nSPS) is 16.2. The molecule has 1 aliphatic heterocycles. The molecule has 1 atom stereocenters. The predicted molar refractivity (Wildman–Crippen MR) is 128 cm³/mol. The molecule has 1 aromatic heterocycles. The summed E-state index contributed by atoms with van der Waals surface area (Å²) in [7, 11) is 0. The minimum atomic E-state index is -4.69. The Morgan fingerprint density at radius 1 is 1.11 bits per heavy atom. The van der Waals surface area contributed by atoms with E-state index < -0.39 is 23.6 Å². The number of amides is 2. The average Bonchev–Trinajstić information content (AvgIpc) is 3.13. The number of para-hydroxylation sites is 1. The van der Waals surface area contributed by atoms with E-state index in [0.717, 1.165) is 0 Å². The second-order valence-corrected chi connectivity index (χ2v) is 8.60. The van der Waals surface area contributed by atoms with Crippen LogP contribution >= 0.6 is 0 Å². The van der Waals surface area contributed by atoms with E-state index in [1.165, 1.54) is 21.9 Å². The van der Waals surface area contributed by atoms with Crippen LogP contribution in [-0.2, 0) is 12.6 Å². The molecule has 10 heteroatoms. The van der Waals surface area contributed by atoms with Crippen LogP contribution in [0.25, 0.3) is 11.0 Å². The third-order valence-electron chi connectivity index (χ3n) is 6.08. The van der Waals surface area contributed by atoms with E-state index in [-0.39, 0.29) is 30.2 Å². The second-order valence-electron chi connectivity index (χ2n) is 8.60. The van der Waals surface area contributed by atoms with Crippen LogP contribution < -0.4 is 15.3 Å². The molecule has 0 aliphatic carbocycles. The predicted octanol–water partition coefficient (Wildman–Crippen LogP) is 5.18. The van der Waals surface area contributed by atoms with Crippen molar-refractivity contribution in [2.45, 2.75) is 45.0 Å². The van der Waals surface area contributed by atoms with Crippen LogP contribution in [-0.4, -0.2) is 42.0 Å². The van der Waals surface area contributed by atoms with Crippen LogP contribution in [0.3, 0.4) is 0 Å². The number of aliphatic hydroxyl groups is 1. The lowest BCUT2D eigenvalue weighted by Gasteiger charge is -2.20. The summed E-state index contributed by atoms with van der Waals surface area (Å²) in [6, 6.07) is 12.0. The highest BCUT2D eigenvalue weighted by Gasteiger charge is 2.36. The van der Waals surface area contributed by atoms with Gasteiger partial charge in [-0.25, -0.2) is 9.59 Å². The second kappa shape index (κ2) is 10.6. The number of alkyl halides is 3. The zero-order valence-electron chi connectivity index (χ0n) is 19.8. The van der Waals surface area contributed by atoms with Gasteiger partial charge in [0.1, 0.15) is 17.6 Å². The number of halogens is 3. The third kappa shape index (κ3) is 5.33. The van der Waals surface area contributed by atoms with Crippen molar-refractivity contribution in [1.82, 2.24) is 4.90 Å². The highest BCUT2D eigenvalue weighted by atomic mass is 19.4. The number of urea groups is 1. The number of carbonyl (C=O) groups excluding carboxylic acids is 1. The lowest BCUT2D eigenvalue weighted by molar-refractivity contribution is -0.136. The quantitative estimate of drug-likeness (QED) is 0.321. The fourth-order valence-corrected chi connectivity index (χ4v) is 4.38. The van der Waals surface area contributed by atoms with Crippen molar-refractivity contribution in [3.8, 4) is 5.75 Å². The summed E-state index contributed by atoms with van der Waals surface area (Å²) >= 11 is 0. The van der Waals surface area contributed by atoms with Crippen LogP contribution in [0.5, 0.6) is 5.75 Å². The van der Waals surface area contributed by atoms with E-state index in [9.17, 15) is 27.9 Å². The Balaban J connectivity index is 1.40. The lowest BCUT2D eigenvalue weighted by atomic mass is 10.0. The van der Waals surface area contributed by atoms with Gasteiger partial charge in [0, 0.05) is 29.2 Å². The van der Waals surface area contributed by atoms with Gasteiger partial charge in [-0.05, 0) is 43.5 Å². The molecule has 2 aromatic carbocycles. The summed E-state index contributed by atoms with van der Waals surface area (Å²) in [5.74, 6) is 0.361. The first-order valence-corrected chi connectivity index (χ1v) is 11.8. The molecule has 2 heterocycles. The maximum atomic E-state index is 13.4. The molecule has 1 saturated heterocycles. The number of unbranched alkanes of at least 4 members (excludes halogenated alkanes) is 1. The highest BCUT2D eigenvalue weighted by Crippen LogP contribution is 2.37. The Bertz CT molecular complexity index is 1280. The zero-order valence-corrected chi connectivity index (χ0v) is 19.8. The number of carbonyl (C=O) groups is 1. The Morgan fingerprint density at radius 2 is 1.86 bits per heavy atom. The fourth-order valence-electron chi connectivity index (χ4n) is 4.38. The molecule has 1 aliphatic rings. The summed E-state index contributed by atoms with van der Waals surface area (Å²) in [4.78, 5) is 27.5. The van der Waals surface area contributed by atoms with Crippen molar-refractivity contribution in [1.29, 1.82) is 0 Å². The van der Waals surface area contributed by atoms with Gasteiger partial charge in [-0.15, -0.1) is 0 Å². The summed E-state index contributed by atoms with van der Waals surface area (Å²) < 4.78 is 51.4. The summed E-state index contributed by atoms with van der Waals surface area (Å²) in [6.07, 6.45) is -3.52. The highest BCUT2D eigenvalue weighted by molar-refractivity contribution is 5.94. The van der Waals surface area contributed by atoms with Gasteiger partial charge >= 0.3 is 17.8 Å². The monoisotopic (exact) mass is 504 g/mol. The van der Waals surface area contributed by atoms with Gasteiger partial charge in [0.05, 0.1) is 18.7 Å². The molecule has 2 amide bonds. The number of ether oxygens (including phenoxy) is 1. The van der Waals surface area contributed by atoms with Gasteiger partial charge in [-0.1, -0.05) is 31.5 Å². The average molecular weight is 505 g/mol. The molecule has 0 saturated carbocycles. The third-order valence-corrected chi connectivity index (χ3v) is 6.08. The number of fused-ring (bicyclic) bond motifs is 1. The van der Waals surface area contributed by atoms with E-state index in [1.54, 1.807) is 12.1 Å². The number of anilines is 1. The van der Waals surface area contributed by atoms with Crippen LogP contribution in [0.4, 0.5) is 23.7 Å². The van der Waals surface area contributed by atoms with Gasteiger partial charge in [-0.2, -0.15) is 13.2 Å². The number of benzene rings is 2. The number of aryl methyl sites for hydroxylation is 1. The number of nitrogens with zero attached hydrogens (tertiary/aromatic N) is 2. The zero-order chi connectivity index (χ0) is 25.9. The van der Waals surface area contributed by atoms with Gasteiger partial charge < -0.3 is 14.3 Å². The van der Waals surface area contributed by atoms with Crippen molar-refractivity contribution < 1.29 is 32.2 Å². The van der Waals surface area contributed by atoms with E-state index >= 15 is 0 Å². The van der Waals surface area contributed by atoms with E-state index in [0.29, 0.717) is 55.3 Å². The first-order chi connectivity index (χ1) is 17.2. The summed E-state index contributed by atoms with van der Waals surface area (Å²) in [6.45, 7) is 2.62. The van der Waals surface area contributed by atoms with Crippen molar-refractivity contribution in [2.24, 2.45) is 0 Å². The maximum Gasteiger partial charge on any atom is 0.417 e. The SMILES string of the molecule is CCCc1c(OCCCCN2C(=O)N(c3ccccc3)CC2O)ccc2c(C(F)(F)F)cc(=O)oc12. The van der Waals surface area contributed by atoms with Crippen LogP contribution in [0.15, 0.2) is 57.7 Å². The van der Waals surface area contributed by atoms with E-state index in [2.05, 4.69) is 0 Å². The number of hydrogen-bond donors (Lipinski definition) is 1. The molecule has 1 fully saturated rings. The number of hydrogen-bond acceptors (Lipinski definition) is 5. The smallest absolute Gasteiger partial charge is 0.417 e. The van der Waals surface area contributed by atoms with Gasteiger partial charge in [-0.3, -0.25) is 9.80 Å². The van der Waals surface area contributed by atoms with E-state index in [1.807, 2.05) is 25.1 Å². The summed E-state index contributed by atoms with van der Waals surface area (Å²) in [5.41, 5.74) is -1.07. The van der Waals surface area contributed by atoms with Gasteiger partial charge in [0.15, 0.2) is 0 Å². The van der Waals surface area contributed by atoms with Crippen LogP contribution in [0.1, 0.15) is 37.3 Å². The maximum absolute atomic E-state index is 13.4. The van der Waals surface area contributed by atoms with Crippen molar-refractivity contribution in [3.05, 3.63) is 70.1 Å². The lowest BCUT2D eigenvalue weighted by Crippen LogP contribution is -2.35. The Kier molecular flexibility index (Phi) is 7.53. The molecule has 36 heavy (non-hydrogen) atoms. The molecule has 3 aromatic rings. The van der Waals surface area contributed by atoms with E-state index in [4.69, 9.17) is 9.15 Å². The van der Waals surface area contributed by atoms with Gasteiger partial charge in [0.2, 0.25) is 0 Å². The van der Waals surface area contributed by atoms with Crippen LogP contribution in [0, 0.1) is 0 Å². The minimum absolute atomic E-state index is 0.110. The fraction of sp³-hybridized carbons (Fsp3) is 0.385.